The standard InChI is InChI=1S/C14H28N2O/c1-3-14(4-2)12-15-8-10-16(14)9-7-13-6-5-11-17-13/h13,15H,3-12H2,1-2H3. The highest BCUT2D eigenvalue weighted by Gasteiger charge is 2.35. The first-order valence-corrected chi connectivity index (χ1v) is 7.38. The molecule has 3 nitrogen and oxygen atoms in total. The number of nitrogens with zero attached hydrogens (tertiary/aromatic N) is 1. The van der Waals surface area contributed by atoms with E-state index in [1.165, 1.54) is 45.2 Å². The zero-order valence-corrected chi connectivity index (χ0v) is 11.5. The summed E-state index contributed by atoms with van der Waals surface area (Å²) in [6, 6.07) is 0. The Bertz CT molecular complexity index is 222. The average molecular weight is 240 g/mol. The number of piperazine rings is 1. The molecule has 0 aromatic rings. The van der Waals surface area contributed by atoms with Crippen LogP contribution in [-0.4, -0.2) is 49.3 Å². The summed E-state index contributed by atoms with van der Waals surface area (Å²) >= 11 is 0. The molecular weight excluding hydrogens is 212 g/mol. The lowest BCUT2D eigenvalue weighted by molar-refractivity contribution is 0.0294. The van der Waals surface area contributed by atoms with Gasteiger partial charge in [-0.15, -0.1) is 0 Å². The molecule has 0 saturated carbocycles. The zero-order chi connectivity index (χ0) is 12.1. The van der Waals surface area contributed by atoms with E-state index in [1.807, 2.05) is 0 Å². The van der Waals surface area contributed by atoms with Crippen LogP contribution in [-0.2, 0) is 4.74 Å². The number of ether oxygens (including phenoxy) is 1. The minimum Gasteiger partial charge on any atom is -0.378 e. The summed E-state index contributed by atoms with van der Waals surface area (Å²) in [5.41, 5.74) is 0.400. The third-order valence-electron chi connectivity index (χ3n) is 4.74. The van der Waals surface area contributed by atoms with Crippen molar-refractivity contribution in [3.05, 3.63) is 0 Å². The van der Waals surface area contributed by atoms with Crippen molar-refractivity contribution in [3.63, 3.8) is 0 Å². The Labute approximate surface area is 106 Å². The molecule has 0 aromatic carbocycles. The molecule has 0 aromatic heterocycles. The van der Waals surface area contributed by atoms with E-state index in [1.54, 1.807) is 0 Å². The number of nitrogens with one attached hydrogen (secondary N) is 1. The summed E-state index contributed by atoms with van der Waals surface area (Å²) in [5, 5.41) is 3.56. The molecule has 100 valence electrons. The Balaban J connectivity index is 1.87. The molecule has 2 aliphatic rings. The van der Waals surface area contributed by atoms with Crippen molar-refractivity contribution in [1.29, 1.82) is 0 Å². The predicted octanol–water partition coefficient (Wildman–Crippen LogP) is 2.02. The summed E-state index contributed by atoms with van der Waals surface area (Å²) in [6.45, 7) is 10.4. The van der Waals surface area contributed by atoms with Crippen LogP contribution in [0, 0.1) is 0 Å². The second-order valence-corrected chi connectivity index (χ2v) is 5.52. The molecule has 0 aliphatic carbocycles. The Kier molecular flexibility index (Phi) is 4.83. The monoisotopic (exact) mass is 240 g/mol. The summed E-state index contributed by atoms with van der Waals surface area (Å²) in [4.78, 5) is 2.71. The van der Waals surface area contributed by atoms with Crippen LogP contribution in [0.25, 0.3) is 0 Å². The molecule has 17 heavy (non-hydrogen) atoms. The zero-order valence-electron chi connectivity index (χ0n) is 11.5. The number of rotatable bonds is 5. The highest BCUT2D eigenvalue weighted by atomic mass is 16.5. The van der Waals surface area contributed by atoms with Crippen molar-refractivity contribution < 1.29 is 4.74 Å². The van der Waals surface area contributed by atoms with Crippen molar-refractivity contribution in [2.75, 3.05) is 32.8 Å². The quantitative estimate of drug-likeness (QED) is 0.795. The second kappa shape index (κ2) is 6.17. The van der Waals surface area contributed by atoms with E-state index in [0.29, 0.717) is 11.6 Å². The normalized spacial score (nSPS) is 29.6. The molecule has 0 amide bonds. The lowest BCUT2D eigenvalue weighted by atomic mass is 9.88. The van der Waals surface area contributed by atoms with Gasteiger partial charge in [-0.05, 0) is 32.1 Å². The SMILES string of the molecule is CCC1(CC)CNCCN1CCC1CCCO1. The molecule has 0 bridgehead atoms. The first-order valence-electron chi connectivity index (χ1n) is 7.38. The van der Waals surface area contributed by atoms with E-state index in [-0.39, 0.29) is 0 Å². The minimum atomic E-state index is 0.400. The maximum absolute atomic E-state index is 5.74. The van der Waals surface area contributed by atoms with E-state index in [9.17, 15) is 0 Å². The summed E-state index contributed by atoms with van der Waals surface area (Å²) in [6.07, 6.45) is 6.80. The van der Waals surface area contributed by atoms with Gasteiger partial charge in [0.05, 0.1) is 6.10 Å². The molecule has 2 aliphatic heterocycles. The maximum atomic E-state index is 5.74. The molecule has 2 heterocycles. The van der Waals surface area contributed by atoms with Gasteiger partial charge in [-0.1, -0.05) is 13.8 Å². The molecule has 3 heteroatoms. The third kappa shape index (κ3) is 3.01. The molecule has 1 unspecified atom stereocenters. The van der Waals surface area contributed by atoms with Gasteiger partial charge in [0.25, 0.3) is 0 Å². The van der Waals surface area contributed by atoms with E-state index in [0.717, 1.165) is 19.7 Å². The van der Waals surface area contributed by atoms with Crippen LogP contribution in [0.15, 0.2) is 0 Å². The molecule has 1 atom stereocenters. The molecule has 2 saturated heterocycles. The van der Waals surface area contributed by atoms with E-state index in [2.05, 4.69) is 24.1 Å². The average Bonchev–Trinajstić information content (AvgIpc) is 2.90. The Morgan fingerprint density at radius 2 is 2.18 bits per heavy atom. The van der Waals surface area contributed by atoms with Crippen molar-refractivity contribution >= 4 is 0 Å². The topological polar surface area (TPSA) is 24.5 Å². The summed E-state index contributed by atoms with van der Waals surface area (Å²) in [7, 11) is 0. The van der Waals surface area contributed by atoms with Gasteiger partial charge in [-0.2, -0.15) is 0 Å². The van der Waals surface area contributed by atoms with E-state index >= 15 is 0 Å². The Morgan fingerprint density at radius 1 is 1.35 bits per heavy atom. The number of hydrogen-bond donors (Lipinski definition) is 1. The van der Waals surface area contributed by atoms with E-state index in [4.69, 9.17) is 4.74 Å². The fraction of sp³-hybridized carbons (Fsp3) is 1.00. The fourth-order valence-electron chi connectivity index (χ4n) is 3.35. The van der Waals surface area contributed by atoms with Crippen LogP contribution in [0.4, 0.5) is 0 Å². The molecular formula is C14H28N2O. The van der Waals surface area contributed by atoms with Gasteiger partial charge in [0.2, 0.25) is 0 Å². The molecule has 0 radical (unpaired) electrons. The predicted molar refractivity (Wildman–Crippen MR) is 71.3 cm³/mol. The highest BCUT2D eigenvalue weighted by Crippen LogP contribution is 2.26. The van der Waals surface area contributed by atoms with Crippen LogP contribution in [0.2, 0.25) is 0 Å². The van der Waals surface area contributed by atoms with Gasteiger partial charge in [0.15, 0.2) is 0 Å². The van der Waals surface area contributed by atoms with Gasteiger partial charge >= 0.3 is 0 Å². The molecule has 2 fully saturated rings. The van der Waals surface area contributed by atoms with E-state index < -0.39 is 0 Å². The van der Waals surface area contributed by atoms with Gasteiger partial charge in [0.1, 0.15) is 0 Å². The van der Waals surface area contributed by atoms with Crippen molar-refractivity contribution in [2.45, 2.75) is 57.6 Å². The van der Waals surface area contributed by atoms with Gasteiger partial charge < -0.3 is 10.1 Å². The van der Waals surface area contributed by atoms with Crippen LogP contribution in [0.1, 0.15) is 46.0 Å². The first kappa shape index (κ1) is 13.3. The summed E-state index contributed by atoms with van der Waals surface area (Å²) < 4.78 is 5.74. The largest absolute Gasteiger partial charge is 0.378 e. The van der Waals surface area contributed by atoms with Crippen LogP contribution in [0.5, 0.6) is 0 Å². The van der Waals surface area contributed by atoms with Gasteiger partial charge in [-0.25, -0.2) is 0 Å². The maximum Gasteiger partial charge on any atom is 0.0588 e. The fourth-order valence-corrected chi connectivity index (χ4v) is 3.35. The van der Waals surface area contributed by atoms with Crippen LogP contribution >= 0.6 is 0 Å². The Hall–Kier alpha value is -0.120. The molecule has 0 spiro atoms. The first-order chi connectivity index (χ1) is 8.30. The third-order valence-corrected chi connectivity index (χ3v) is 4.74. The Morgan fingerprint density at radius 3 is 2.82 bits per heavy atom. The summed E-state index contributed by atoms with van der Waals surface area (Å²) in [5.74, 6) is 0. The lowest BCUT2D eigenvalue weighted by Gasteiger charge is -2.47. The van der Waals surface area contributed by atoms with Gasteiger partial charge in [0, 0.05) is 38.3 Å². The van der Waals surface area contributed by atoms with Gasteiger partial charge in [-0.3, -0.25) is 4.90 Å². The van der Waals surface area contributed by atoms with Crippen molar-refractivity contribution in [3.8, 4) is 0 Å². The molecule has 1 N–H and O–H groups in total. The van der Waals surface area contributed by atoms with Crippen LogP contribution < -0.4 is 5.32 Å². The smallest absolute Gasteiger partial charge is 0.0588 e. The van der Waals surface area contributed by atoms with Crippen molar-refractivity contribution in [2.24, 2.45) is 0 Å². The number of hydrogen-bond acceptors (Lipinski definition) is 3. The molecule has 2 rings (SSSR count). The second-order valence-electron chi connectivity index (χ2n) is 5.52. The lowest BCUT2D eigenvalue weighted by Crippen LogP contribution is -2.61. The van der Waals surface area contributed by atoms with Crippen molar-refractivity contribution in [1.82, 2.24) is 10.2 Å². The minimum absolute atomic E-state index is 0.400. The highest BCUT2D eigenvalue weighted by molar-refractivity contribution is 4.94. The van der Waals surface area contributed by atoms with Crippen LogP contribution in [0.3, 0.4) is 0 Å².